The summed E-state index contributed by atoms with van der Waals surface area (Å²) in [4.78, 5) is 0. The Kier molecular flexibility index (Phi) is 4.44. The Balaban J connectivity index is 2.37. The van der Waals surface area contributed by atoms with Crippen LogP contribution in [0.5, 0.6) is 0 Å². The van der Waals surface area contributed by atoms with Crippen LogP contribution in [0.25, 0.3) is 0 Å². The van der Waals surface area contributed by atoms with E-state index in [-0.39, 0.29) is 0 Å². The fourth-order valence-electron chi connectivity index (χ4n) is 2.47. The van der Waals surface area contributed by atoms with Crippen LogP contribution < -0.4 is 0 Å². The zero-order valence-corrected chi connectivity index (χ0v) is 9.87. The smallest absolute Gasteiger partial charge is 0.0207 e. The molecular formula is C14H24. The molecule has 0 aromatic heterocycles. The maximum Gasteiger partial charge on any atom is -0.0207 e. The van der Waals surface area contributed by atoms with E-state index in [0.717, 1.165) is 23.7 Å². The van der Waals surface area contributed by atoms with E-state index in [1.807, 2.05) is 0 Å². The molecule has 1 fully saturated rings. The van der Waals surface area contributed by atoms with Gasteiger partial charge >= 0.3 is 0 Å². The van der Waals surface area contributed by atoms with Gasteiger partial charge < -0.3 is 0 Å². The predicted octanol–water partition coefficient (Wildman–Crippen LogP) is 4.44. The number of hydrogen-bond acceptors (Lipinski definition) is 0. The molecule has 0 aromatic rings. The van der Waals surface area contributed by atoms with Crippen molar-refractivity contribution in [3.8, 4) is 0 Å². The molecule has 0 aromatic carbocycles. The molecule has 0 heteroatoms. The topological polar surface area (TPSA) is 0 Å². The van der Waals surface area contributed by atoms with Gasteiger partial charge in [-0.15, -0.1) is 6.58 Å². The molecule has 0 bridgehead atoms. The van der Waals surface area contributed by atoms with Crippen molar-refractivity contribution in [2.45, 2.75) is 40.0 Å². The van der Waals surface area contributed by atoms with E-state index in [9.17, 15) is 0 Å². The molecule has 1 aliphatic rings. The molecule has 1 rings (SSSR count). The standard InChI is InChI=1S/C14H24/c1-5-8-9-11(4)13-10-14(13)12(6-2)7-3/h6,8-9,11-14H,2,5,7,10H2,1,3-4H3. The van der Waals surface area contributed by atoms with Gasteiger partial charge in [-0.05, 0) is 42.9 Å². The molecule has 14 heavy (non-hydrogen) atoms. The monoisotopic (exact) mass is 192 g/mol. The van der Waals surface area contributed by atoms with Crippen molar-refractivity contribution in [1.82, 2.24) is 0 Å². The molecule has 1 saturated carbocycles. The van der Waals surface area contributed by atoms with E-state index in [1.165, 1.54) is 19.3 Å². The lowest BCUT2D eigenvalue weighted by Gasteiger charge is -2.11. The Morgan fingerprint density at radius 1 is 1.36 bits per heavy atom. The first-order chi connectivity index (χ1) is 6.74. The van der Waals surface area contributed by atoms with Gasteiger partial charge in [0.15, 0.2) is 0 Å². The quantitative estimate of drug-likeness (QED) is 0.546. The van der Waals surface area contributed by atoms with Crippen LogP contribution in [0.15, 0.2) is 24.8 Å². The van der Waals surface area contributed by atoms with Gasteiger partial charge in [-0.1, -0.05) is 39.0 Å². The predicted molar refractivity (Wildman–Crippen MR) is 64.2 cm³/mol. The molecular weight excluding hydrogens is 168 g/mol. The SMILES string of the molecule is C=CC(CC)C1CC1C(C)C=CCC. The first-order valence-corrected chi connectivity index (χ1v) is 6.03. The lowest BCUT2D eigenvalue weighted by molar-refractivity contribution is 0.469. The summed E-state index contributed by atoms with van der Waals surface area (Å²) in [7, 11) is 0. The van der Waals surface area contributed by atoms with Crippen molar-refractivity contribution in [1.29, 1.82) is 0 Å². The minimum absolute atomic E-state index is 0.762. The minimum Gasteiger partial charge on any atom is -0.103 e. The Morgan fingerprint density at radius 3 is 2.57 bits per heavy atom. The molecule has 0 spiro atoms. The summed E-state index contributed by atoms with van der Waals surface area (Å²) in [5.74, 6) is 3.39. The van der Waals surface area contributed by atoms with E-state index in [0.29, 0.717) is 0 Å². The van der Waals surface area contributed by atoms with Gasteiger partial charge in [0.05, 0.1) is 0 Å². The average Bonchev–Trinajstić information content (AvgIpc) is 2.96. The zero-order valence-electron chi connectivity index (χ0n) is 9.87. The van der Waals surface area contributed by atoms with E-state index < -0.39 is 0 Å². The van der Waals surface area contributed by atoms with Crippen LogP contribution in [0.4, 0.5) is 0 Å². The van der Waals surface area contributed by atoms with Crippen molar-refractivity contribution in [2.24, 2.45) is 23.7 Å². The first kappa shape index (κ1) is 11.6. The second-order valence-corrected chi connectivity index (χ2v) is 4.57. The zero-order chi connectivity index (χ0) is 10.6. The Hall–Kier alpha value is -0.520. The van der Waals surface area contributed by atoms with Crippen LogP contribution in [0.3, 0.4) is 0 Å². The van der Waals surface area contributed by atoms with Crippen LogP contribution in [0.1, 0.15) is 40.0 Å². The maximum atomic E-state index is 3.93. The summed E-state index contributed by atoms with van der Waals surface area (Å²) >= 11 is 0. The third kappa shape index (κ3) is 2.73. The van der Waals surface area contributed by atoms with Gasteiger partial charge in [-0.3, -0.25) is 0 Å². The molecule has 4 unspecified atom stereocenters. The molecule has 4 atom stereocenters. The normalized spacial score (nSPS) is 30.2. The van der Waals surface area contributed by atoms with Gasteiger partial charge in [0, 0.05) is 0 Å². The second kappa shape index (κ2) is 5.38. The highest BCUT2D eigenvalue weighted by atomic mass is 14.5. The van der Waals surface area contributed by atoms with E-state index in [2.05, 4.69) is 45.6 Å². The summed E-state index contributed by atoms with van der Waals surface area (Å²) < 4.78 is 0. The van der Waals surface area contributed by atoms with E-state index >= 15 is 0 Å². The average molecular weight is 192 g/mol. The Morgan fingerprint density at radius 2 is 2.07 bits per heavy atom. The maximum absolute atomic E-state index is 3.93. The molecule has 0 radical (unpaired) electrons. The number of allylic oxidation sites excluding steroid dienone is 3. The van der Waals surface area contributed by atoms with Crippen LogP contribution in [0, 0.1) is 23.7 Å². The highest BCUT2D eigenvalue weighted by Gasteiger charge is 2.43. The van der Waals surface area contributed by atoms with Gasteiger partial charge in [-0.25, -0.2) is 0 Å². The molecule has 0 amide bonds. The second-order valence-electron chi connectivity index (χ2n) is 4.57. The molecule has 0 saturated heterocycles. The molecule has 0 nitrogen and oxygen atoms in total. The number of rotatable bonds is 6. The molecule has 1 aliphatic carbocycles. The Bertz CT molecular complexity index is 202. The van der Waals surface area contributed by atoms with Crippen LogP contribution in [-0.2, 0) is 0 Å². The van der Waals surface area contributed by atoms with Gasteiger partial charge in [-0.2, -0.15) is 0 Å². The van der Waals surface area contributed by atoms with Crippen molar-refractivity contribution in [3.05, 3.63) is 24.8 Å². The van der Waals surface area contributed by atoms with E-state index in [4.69, 9.17) is 0 Å². The molecule has 0 aliphatic heterocycles. The van der Waals surface area contributed by atoms with Crippen molar-refractivity contribution in [3.63, 3.8) is 0 Å². The lowest BCUT2D eigenvalue weighted by atomic mass is 9.95. The van der Waals surface area contributed by atoms with Crippen molar-refractivity contribution >= 4 is 0 Å². The van der Waals surface area contributed by atoms with Crippen LogP contribution in [0.2, 0.25) is 0 Å². The van der Waals surface area contributed by atoms with Gasteiger partial charge in [0.25, 0.3) is 0 Å². The number of hydrogen-bond donors (Lipinski definition) is 0. The minimum atomic E-state index is 0.762. The largest absolute Gasteiger partial charge is 0.103 e. The van der Waals surface area contributed by atoms with Crippen LogP contribution in [-0.4, -0.2) is 0 Å². The van der Waals surface area contributed by atoms with Gasteiger partial charge in [0.2, 0.25) is 0 Å². The summed E-state index contributed by atoms with van der Waals surface area (Å²) in [6.07, 6.45) is 10.7. The van der Waals surface area contributed by atoms with Gasteiger partial charge in [0.1, 0.15) is 0 Å². The highest BCUT2D eigenvalue weighted by molar-refractivity contribution is 5.03. The molecule has 0 heterocycles. The fourth-order valence-corrected chi connectivity index (χ4v) is 2.47. The van der Waals surface area contributed by atoms with Crippen molar-refractivity contribution in [2.75, 3.05) is 0 Å². The summed E-state index contributed by atoms with van der Waals surface area (Å²) in [6.45, 7) is 10.8. The first-order valence-electron chi connectivity index (χ1n) is 6.03. The fraction of sp³-hybridized carbons (Fsp3) is 0.714. The molecule has 80 valence electrons. The Labute approximate surface area is 89.1 Å². The molecule has 0 N–H and O–H groups in total. The summed E-state index contributed by atoms with van der Waals surface area (Å²) in [5.41, 5.74) is 0. The van der Waals surface area contributed by atoms with Crippen molar-refractivity contribution < 1.29 is 0 Å². The summed E-state index contributed by atoms with van der Waals surface area (Å²) in [5, 5.41) is 0. The van der Waals surface area contributed by atoms with E-state index in [1.54, 1.807) is 0 Å². The van der Waals surface area contributed by atoms with Crippen LogP contribution >= 0.6 is 0 Å². The third-order valence-electron chi connectivity index (χ3n) is 3.57. The summed E-state index contributed by atoms with van der Waals surface area (Å²) in [6, 6.07) is 0. The lowest BCUT2D eigenvalue weighted by Crippen LogP contribution is -2.03. The third-order valence-corrected chi connectivity index (χ3v) is 3.57. The highest BCUT2D eigenvalue weighted by Crippen LogP contribution is 2.50.